The Balaban J connectivity index is 0.00000280. The van der Waals surface area contributed by atoms with Crippen LogP contribution in [0.25, 0.3) is 0 Å². The van der Waals surface area contributed by atoms with Gasteiger partial charge >= 0.3 is 0 Å². The van der Waals surface area contributed by atoms with Crippen LogP contribution in [0.5, 0.6) is 0 Å². The van der Waals surface area contributed by atoms with E-state index in [0.29, 0.717) is 17.4 Å². The van der Waals surface area contributed by atoms with Gasteiger partial charge in [0.1, 0.15) is 0 Å². The van der Waals surface area contributed by atoms with Crippen molar-refractivity contribution < 1.29 is 8.42 Å². The van der Waals surface area contributed by atoms with Crippen LogP contribution in [0.2, 0.25) is 0 Å². The van der Waals surface area contributed by atoms with Crippen molar-refractivity contribution in [2.45, 2.75) is 43.2 Å². The molecule has 28 heavy (non-hydrogen) atoms. The molecule has 1 unspecified atom stereocenters. The summed E-state index contributed by atoms with van der Waals surface area (Å²) in [6, 6.07) is 11.3. The Bertz CT molecular complexity index is 864. The number of halogens is 1. The smallest absolute Gasteiger partial charge is 0.240 e. The molecule has 1 aromatic carbocycles. The maximum Gasteiger partial charge on any atom is 0.240 e. The van der Waals surface area contributed by atoms with E-state index in [4.69, 9.17) is 0 Å². The number of aliphatic imine (C=N–C) groups is 1. The highest BCUT2D eigenvalue weighted by atomic mass is 127. The van der Waals surface area contributed by atoms with Crippen LogP contribution < -0.4 is 15.4 Å². The highest BCUT2D eigenvalue weighted by Gasteiger charge is 2.27. The third-order valence-electron chi connectivity index (χ3n) is 4.42. The topological polar surface area (TPSA) is 82.6 Å². The summed E-state index contributed by atoms with van der Waals surface area (Å²) in [5.74, 6) is 1.14. The van der Waals surface area contributed by atoms with Gasteiger partial charge in [0.25, 0.3) is 0 Å². The lowest BCUT2D eigenvalue weighted by Crippen LogP contribution is -2.38. The van der Waals surface area contributed by atoms with E-state index in [9.17, 15) is 8.42 Å². The lowest BCUT2D eigenvalue weighted by Gasteiger charge is -2.15. The SMILES string of the molecule is CN=C(NCc1ccc(S(=O)(=O)NC2CC2)cc1)NCC(C)c1cccs1.I. The third kappa shape index (κ3) is 6.71. The van der Waals surface area contributed by atoms with Crippen LogP contribution in [-0.4, -0.2) is 34.0 Å². The molecule has 3 N–H and O–H groups in total. The van der Waals surface area contributed by atoms with Gasteiger partial charge in [-0.25, -0.2) is 13.1 Å². The summed E-state index contributed by atoms with van der Waals surface area (Å²) >= 11 is 1.76. The number of thiophene rings is 1. The van der Waals surface area contributed by atoms with Crippen molar-refractivity contribution in [2.75, 3.05) is 13.6 Å². The summed E-state index contributed by atoms with van der Waals surface area (Å²) in [6.45, 7) is 3.55. The molecule has 1 fully saturated rings. The number of sulfonamides is 1. The predicted octanol–water partition coefficient (Wildman–Crippen LogP) is 3.28. The van der Waals surface area contributed by atoms with Crippen LogP contribution in [0, 0.1) is 0 Å². The first-order chi connectivity index (χ1) is 13.0. The molecule has 1 aliphatic carbocycles. The highest BCUT2D eigenvalue weighted by molar-refractivity contribution is 14.0. The molecule has 3 rings (SSSR count). The van der Waals surface area contributed by atoms with Crippen LogP contribution in [0.3, 0.4) is 0 Å². The molecule has 2 aromatic rings. The van der Waals surface area contributed by atoms with Gasteiger partial charge in [-0.3, -0.25) is 4.99 Å². The van der Waals surface area contributed by atoms with Crippen molar-refractivity contribution in [1.29, 1.82) is 0 Å². The Labute approximate surface area is 188 Å². The molecular weight excluding hydrogens is 507 g/mol. The summed E-state index contributed by atoms with van der Waals surface area (Å²) in [6.07, 6.45) is 1.86. The number of guanidine groups is 1. The standard InChI is InChI=1S/C19H26N4O2S2.HI/c1-14(18-4-3-11-26-18)12-21-19(20-2)22-13-15-5-9-17(10-6-15)27(24,25)23-16-7-8-16;/h3-6,9-11,14,16,23H,7-8,12-13H2,1-2H3,(H2,20,21,22);1H. The second kappa shape index (κ2) is 10.6. The van der Waals surface area contributed by atoms with Crippen molar-refractivity contribution in [3.63, 3.8) is 0 Å². The zero-order valence-electron chi connectivity index (χ0n) is 16.0. The monoisotopic (exact) mass is 534 g/mol. The lowest BCUT2D eigenvalue weighted by atomic mass is 10.1. The minimum absolute atomic E-state index is 0. The van der Waals surface area contributed by atoms with Crippen molar-refractivity contribution in [3.8, 4) is 0 Å². The van der Waals surface area contributed by atoms with Crippen LogP contribution in [0.4, 0.5) is 0 Å². The quantitative estimate of drug-likeness (QED) is 0.276. The zero-order valence-corrected chi connectivity index (χ0v) is 20.0. The predicted molar refractivity (Wildman–Crippen MR) is 126 cm³/mol. The molecule has 0 bridgehead atoms. The van der Waals surface area contributed by atoms with Crippen molar-refractivity contribution >= 4 is 51.3 Å². The van der Waals surface area contributed by atoms with E-state index >= 15 is 0 Å². The van der Waals surface area contributed by atoms with Gasteiger partial charge in [-0.1, -0.05) is 25.1 Å². The summed E-state index contributed by atoms with van der Waals surface area (Å²) in [5, 5.41) is 8.68. The van der Waals surface area contributed by atoms with Crippen LogP contribution in [-0.2, 0) is 16.6 Å². The summed E-state index contributed by atoms with van der Waals surface area (Å²) in [4.78, 5) is 5.90. The van der Waals surface area contributed by atoms with Crippen molar-refractivity contribution in [3.05, 3.63) is 52.2 Å². The second-order valence-corrected chi connectivity index (χ2v) is 9.46. The van der Waals surface area contributed by atoms with Gasteiger partial charge in [-0.2, -0.15) is 0 Å². The molecule has 6 nitrogen and oxygen atoms in total. The van der Waals surface area contributed by atoms with E-state index in [0.717, 1.165) is 30.9 Å². The van der Waals surface area contributed by atoms with Gasteiger partial charge < -0.3 is 10.6 Å². The number of hydrogen-bond acceptors (Lipinski definition) is 4. The Kier molecular flexibility index (Phi) is 8.72. The minimum atomic E-state index is -3.39. The first-order valence-electron chi connectivity index (χ1n) is 9.07. The van der Waals surface area contributed by atoms with E-state index in [-0.39, 0.29) is 30.0 Å². The minimum Gasteiger partial charge on any atom is -0.356 e. The van der Waals surface area contributed by atoms with Crippen molar-refractivity contribution in [1.82, 2.24) is 15.4 Å². The van der Waals surface area contributed by atoms with Gasteiger partial charge in [0, 0.05) is 37.0 Å². The van der Waals surface area contributed by atoms with E-state index in [2.05, 4.69) is 44.8 Å². The number of rotatable bonds is 8. The number of nitrogens with one attached hydrogen (secondary N) is 3. The molecule has 154 valence electrons. The molecule has 1 heterocycles. The van der Waals surface area contributed by atoms with Crippen LogP contribution >= 0.6 is 35.3 Å². The summed E-state index contributed by atoms with van der Waals surface area (Å²) < 4.78 is 27.1. The zero-order chi connectivity index (χ0) is 19.3. The molecule has 0 amide bonds. The van der Waals surface area contributed by atoms with Gasteiger partial charge in [0.15, 0.2) is 5.96 Å². The molecular formula is C19H27IN4O2S2. The fraction of sp³-hybridized carbons (Fsp3) is 0.421. The summed E-state index contributed by atoms with van der Waals surface area (Å²) in [5.41, 5.74) is 0.995. The van der Waals surface area contributed by atoms with E-state index in [1.165, 1.54) is 4.88 Å². The van der Waals surface area contributed by atoms with E-state index in [1.807, 2.05) is 12.1 Å². The molecule has 1 atom stereocenters. The Morgan fingerprint density at radius 2 is 1.93 bits per heavy atom. The molecule has 0 spiro atoms. The Morgan fingerprint density at radius 1 is 1.21 bits per heavy atom. The molecule has 1 aromatic heterocycles. The van der Waals surface area contributed by atoms with E-state index < -0.39 is 10.0 Å². The van der Waals surface area contributed by atoms with Gasteiger partial charge in [0.2, 0.25) is 10.0 Å². The molecule has 0 radical (unpaired) electrons. The maximum atomic E-state index is 12.2. The Hall–Kier alpha value is -1.17. The molecule has 0 aliphatic heterocycles. The average Bonchev–Trinajstić information content (AvgIpc) is 3.29. The molecule has 9 heteroatoms. The first kappa shape index (κ1) is 23.1. The molecule has 1 aliphatic rings. The maximum absolute atomic E-state index is 12.2. The lowest BCUT2D eigenvalue weighted by molar-refractivity contribution is 0.581. The average molecular weight is 534 g/mol. The normalized spacial score (nSPS) is 15.6. The van der Waals surface area contributed by atoms with Crippen molar-refractivity contribution in [2.24, 2.45) is 4.99 Å². The molecule has 0 saturated heterocycles. The second-order valence-electron chi connectivity index (χ2n) is 6.76. The largest absolute Gasteiger partial charge is 0.356 e. The molecule has 1 saturated carbocycles. The first-order valence-corrected chi connectivity index (χ1v) is 11.4. The number of hydrogen-bond donors (Lipinski definition) is 3. The Morgan fingerprint density at radius 3 is 2.50 bits per heavy atom. The van der Waals surface area contributed by atoms with E-state index in [1.54, 1.807) is 30.5 Å². The van der Waals surface area contributed by atoms with Crippen LogP contribution in [0.1, 0.15) is 36.1 Å². The summed E-state index contributed by atoms with van der Waals surface area (Å²) in [7, 11) is -1.65. The third-order valence-corrected chi connectivity index (χ3v) is 7.06. The number of benzene rings is 1. The van der Waals surface area contributed by atoms with Crippen LogP contribution in [0.15, 0.2) is 51.7 Å². The highest BCUT2D eigenvalue weighted by Crippen LogP contribution is 2.22. The van der Waals surface area contributed by atoms with Gasteiger partial charge in [0.05, 0.1) is 4.90 Å². The number of nitrogens with zero attached hydrogens (tertiary/aromatic N) is 1. The fourth-order valence-electron chi connectivity index (χ4n) is 2.60. The fourth-order valence-corrected chi connectivity index (χ4v) is 4.70. The van der Waals surface area contributed by atoms with Gasteiger partial charge in [-0.05, 0) is 42.0 Å². The van der Waals surface area contributed by atoms with Gasteiger partial charge in [-0.15, -0.1) is 35.3 Å².